The van der Waals surface area contributed by atoms with Crippen LogP contribution in [0.3, 0.4) is 0 Å². The van der Waals surface area contributed by atoms with E-state index in [-0.39, 0.29) is 0 Å². The molecule has 0 aromatic carbocycles. The fourth-order valence-corrected chi connectivity index (χ4v) is 3.38. The summed E-state index contributed by atoms with van der Waals surface area (Å²) in [5, 5.41) is 0. The van der Waals surface area contributed by atoms with Crippen molar-refractivity contribution in [3.8, 4) is 0 Å². The van der Waals surface area contributed by atoms with Crippen molar-refractivity contribution in [2.75, 3.05) is 13.1 Å². The smallest absolute Gasteiger partial charge is 0.159 e. The minimum absolute atomic E-state index is 0.674. The zero-order valence-corrected chi connectivity index (χ0v) is 13.4. The second-order valence-electron chi connectivity index (χ2n) is 6.41. The number of imidazole rings is 1. The number of rotatable bonds is 4. The van der Waals surface area contributed by atoms with Crippen molar-refractivity contribution in [1.29, 1.82) is 0 Å². The van der Waals surface area contributed by atoms with Crippen LogP contribution < -0.4 is 0 Å². The van der Waals surface area contributed by atoms with E-state index in [9.17, 15) is 0 Å². The molecule has 0 bridgehead atoms. The van der Waals surface area contributed by atoms with Gasteiger partial charge in [-0.1, -0.05) is 6.92 Å². The number of hydrogen-bond acceptors (Lipinski definition) is 3. The Morgan fingerprint density at radius 3 is 2.71 bits per heavy atom. The highest BCUT2D eigenvalue weighted by Crippen LogP contribution is 2.23. The minimum Gasteiger partial charge on any atom is -0.312 e. The summed E-state index contributed by atoms with van der Waals surface area (Å²) in [6.07, 6.45) is 5.42. The van der Waals surface area contributed by atoms with Crippen LogP contribution in [0.4, 0.5) is 0 Å². The van der Waals surface area contributed by atoms with Crippen LogP contribution in [0, 0.1) is 5.92 Å². The van der Waals surface area contributed by atoms with Crippen LogP contribution in [0.15, 0.2) is 18.3 Å². The molecule has 1 saturated heterocycles. The Hall–Kier alpha value is -1.42. The molecule has 1 fully saturated rings. The molecule has 0 saturated carbocycles. The van der Waals surface area contributed by atoms with Gasteiger partial charge in [0.15, 0.2) is 5.65 Å². The van der Waals surface area contributed by atoms with E-state index < -0.39 is 0 Å². The SMILES string of the molecule is CCc1nc2cccnc2n1CC1CCN(C(C)C)CC1. The summed E-state index contributed by atoms with van der Waals surface area (Å²) in [6.45, 7) is 10.3. The fraction of sp³-hybridized carbons (Fsp3) is 0.647. The maximum Gasteiger partial charge on any atom is 0.159 e. The van der Waals surface area contributed by atoms with Crippen molar-refractivity contribution in [2.45, 2.75) is 52.6 Å². The van der Waals surface area contributed by atoms with Crippen LogP contribution in [0.25, 0.3) is 11.2 Å². The lowest BCUT2D eigenvalue weighted by molar-refractivity contribution is 0.142. The van der Waals surface area contributed by atoms with Gasteiger partial charge in [-0.3, -0.25) is 0 Å². The standard InChI is InChI=1S/C17H26N4/c1-4-16-19-15-6-5-9-18-17(15)21(16)12-14-7-10-20(11-8-14)13(2)3/h5-6,9,13-14H,4,7-8,10-12H2,1-3H3. The third kappa shape index (κ3) is 2.95. The molecule has 4 heteroatoms. The number of pyridine rings is 1. The second kappa shape index (κ2) is 6.14. The molecule has 0 atom stereocenters. The van der Waals surface area contributed by atoms with Gasteiger partial charge in [-0.05, 0) is 57.8 Å². The number of nitrogens with zero attached hydrogens (tertiary/aromatic N) is 4. The first-order valence-corrected chi connectivity index (χ1v) is 8.23. The summed E-state index contributed by atoms with van der Waals surface area (Å²) in [5.41, 5.74) is 2.09. The number of piperidine rings is 1. The van der Waals surface area contributed by atoms with Gasteiger partial charge in [-0.2, -0.15) is 0 Å². The zero-order valence-electron chi connectivity index (χ0n) is 13.4. The largest absolute Gasteiger partial charge is 0.312 e. The molecule has 0 amide bonds. The van der Waals surface area contributed by atoms with Gasteiger partial charge < -0.3 is 9.47 Å². The highest BCUT2D eigenvalue weighted by Gasteiger charge is 2.22. The third-order valence-electron chi connectivity index (χ3n) is 4.72. The van der Waals surface area contributed by atoms with E-state index >= 15 is 0 Å². The molecule has 3 heterocycles. The molecule has 1 aliphatic heterocycles. The Kier molecular flexibility index (Phi) is 4.24. The van der Waals surface area contributed by atoms with E-state index in [1.165, 1.54) is 31.8 Å². The van der Waals surface area contributed by atoms with Crippen LogP contribution >= 0.6 is 0 Å². The Balaban J connectivity index is 1.76. The molecule has 0 N–H and O–H groups in total. The highest BCUT2D eigenvalue weighted by molar-refractivity contribution is 5.71. The van der Waals surface area contributed by atoms with Crippen molar-refractivity contribution < 1.29 is 0 Å². The van der Waals surface area contributed by atoms with Crippen LogP contribution in [-0.2, 0) is 13.0 Å². The normalized spacial score (nSPS) is 17.9. The Morgan fingerprint density at radius 2 is 2.05 bits per heavy atom. The van der Waals surface area contributed by atoms with Crippen LogP contribution in [0.5, 0.6) is 0 Å². The number of fused-ring (bicyclic) bond motifs is 1. The van der Waals surface area contributed by atoms with Gasteiger partial charge in [0.2, 0.25) is 0 Å². The van der Waals surface area contributed by atoms with Crippen LogP contribution in [-0.4, -0.2) is 38.6 Å². The van der Waals surface area contributed by atoms with Gasteiger partial charge in [0.25, 0.3) is 0 Å². The molecule has 21 heavy (non-hydrogen) atoms. The Labute approximate surface area is 127 Å². The summed E-state index contributed by atoms with van der Waals surface area (Å²) in [4.78, 5) is 11.9. The summed E-state index contributed by atoms with van der Waals surface area (Å²) >= 11 is 0. The lowest BCUT2D eigenvalue weighted by Crippen LogP contribution is -2.39. The average Bonchev–Trinajstić information content (AvgIpc) is 2.86. The van der Waals surface area contributed by atoms with Gasteiger partial charge in [0.1, 0.15) is 11.3 Å². The van der Waals surface area contributed by atoms with E-state index in [0.29, 0.717) is 6.04 Å². The molecular weight excluding hydrogens is 260 g/mol. The molecule has 114 valence electrons. The fourth-order valence-electron chi connectivity index (χ4n) is 3.38. The maximum atomic E-state index is 4.73. The molecule has 1 aliphatic rings. The van der Waals surface area contributed by atoms with Crippen LogP contribution in [0.1, 0.15) is 39.4 Å². The monoisotopic (exact) mass is 286 g/mol. The lowest BCUT2D eigenvalue weighted by Gasteiger charge is -2.34. The predicted octanol–water partition coefficient (Wildman–Crippen LogP) is 3.11. The molecular formula is C17H26N4. The van der Waals surface area contributed by atoms with Crippen LogP contribution in [0.2, 0.25) is 0 Å². The highest BCUT2D eigenvalue weighted by atomic mass is 15.2. The number of aryl methyl sites for hydroxylation is 1. The van der Waals surface area contributed by atoms with E-state index in [1.54, 1.807) is 0 Å². The first kappa shape index (κ1) is 14.5. The second-order valence-corrected chi connectivity index (χ2v) is 6.41. The molecule has 0 aliphatic carbocycles. The molecule has 0 spiro atoms. The van der Waals surface area contributed by atoms with Gasteiger partial charge >= 0.3 is 0 Å². The molecule has 2 aromatic rings. The van der Waals surface area contributed by atoms with Crippen molar-refractivity contribution in [3.63, 3.8) is 0 Å². The van der Waals surface area contributed by atoms with E-state index in [1.807, 2.05) is 12.3 Å². The van der Waals surface area contributed by atoms with Crippen molar-refractivity contribution in [3.05, 3.63) is 24.2 Å². The number of hydrogen-bond donors (Lipinski definition) is 0. The van der Waals surface area contributed by atoms with Gasteiger partial charge in [0, 0.05) is 25.2 Å². The first-order valence-electron chi connectivity index (χ1n) is 8.23. The zero-order chi connectivity index (χ0) is 14.8. The summed E-state index contributed by atoms with van der Waals surface area (Å²) < 4.78 is 2.35. The predicted molar refractivity (Wildman–Crippen MR) is 86.3 cm³/mol. The summed E-state index contributed by atoms with van der Waals surface area (Å²) in [5.74, 6) is 1.93. The van der Waals surface area contributed by atoms with Crippen molar-refractivity contribution in [2.24, 2.45) is 5.92 Å². The maximum absolute atomic E-state index is 4.73. The number of likely N-dealkylation sites (tertiary alicyclic amines) is 1. The van der Waals surface area contributed by atoms with Crippen molar-refractivity contribution >= 4 is 11.2 Å². The Bertz CT molecular complexity index is 594. The van der Waals surface area contributed by atoms with Crippen molar-refractivity contribution in [1.82, 2.24) is 19.4 Å². The molecule has 4 nitrogen and oxygen atoms in total. The molecule has 0 unspecified atom stereocenters. The lowest BCUT2D eigenvalue weighted by atomic mass is 9.96. The Morgan fingerprint density at radius 1 is 1.29 bits per heavy atom. The van der Waals surface area contributed by atoms with E-state index in [4.69, 9.17) is 4.98 Å². The third-order valence-corrected chi connectivity index (χ3v) is 4.72. The van der Waals surface area contributed by atoms with E-state index in [2.05, 4.69) is 41.3 Å². The average molecular weight is 286 g/mol. The quantitative estimate of drug-likeness (QED) is 0.866. The van der Waals surface area contributed by atoms with Gasteiger partial charge in [-0.25, -0.2) is 9.97 Å². The topological polar surface area (TPSA) is 34.0 Å². The summed E-state index contributed by atoms with van der Waals surface area (Å²) in [7, 11) is 0. The molecule has 3 rings (SSSR count). The molecule has 0 radical (unpaired) electrons. The van der Waals surface area contributed by atoms with E-state index in [0.717, 1.165) is 30.0 Å². The van der Waals surface area contributed by atoms with Gasteiger partial charge in [0.05, 0.1) is 0 Å². The minimum atomic E-state index is 0.674. The summed E-state index contributed by atoms with van der Waals surface area (Å²) in [6, 6.07) is 4.72. The number of aromatic nitrogens is 3. The first-order chi connectivity index (χ1) is 10.2. The molecule has 2 aromatic heterocycles. The van der Waals surface area contributed by atoms with Gasteiger partial charge in [-0.15, -0.1) is 0 Å².